The molecule has 1 aromatic rings. The molecule has 0 radical (unpaired) electrons. The van der Waals surface area contributed by atoms with Gasteiger partial charge in [0.15, 0.2) is 0 Å². The number of likely N-dealkylation sites (tertiary alicyclic amines) is 1. The van der Waals surface area contributed by atoms with Gasteiger partial charge in [0.2, 0.25) is 5.91 Å². The first-order valence-electron chi connectivity index (χ1n) is 7.98. The molecule has 0 aliphatic carbocycles. The number of hydrogen-bond acceptors (Lipinski definition) is 4. The van der Waals surface area contributed by atoms with E-state index in [0.717, 1.165) is 23.4 Å². The first-order chi connectivity index (χ1) is 10.9. The van der Waals surface area contributed by atoms with Crippen molar-refractivity contribution in [2.75, 3.05) is 32.9 Å². The van der Waals surface area contributed by atoms with Crippen LogP contribution in [-0.4, -0.2) is 64.1 Å². The molecule has 128 valence electrons. The number of aliphatic hydroxyl groups excluding tert-OH is 1. The standard InChI is InChI=1S/C17H26N2O3S/c1-13(14-6-8-16(9-7-14)23(3)22)18(2)11-15(20)12-19-10-4-5-17(19)21/h6-9,13,15,20H,4-5,10-12H2,1-3H3. The molecule has 3 atom stereocenters. The molecule has 0 aromatic heterocycles. The van der Waals surface area contributed by atoms with Gasteiger partial charge in [-0.2, -0.15) is 0 Å². The summed E-state index contributed by atoms with van der Waals surface area (Å²) in [5, 5.41) is 10.2. The van der Waals surface area contributed by atoms with Crippen LogP contribution in [0.1, 0.15) is 31.4 Å². The second-order valence-corrected chi connectivity index (χ2v) is 7.62. The predicted molar refractivity (Wildman–Crippen MR) is 91.6 cm³/mol. The Morgan fingerprint density at radius 1 is 1.35 bits per heavy atom. The zero-order valence-electron chi connectivity index (χ0n) is 14.1. The molecule has 6 heteroatoms. The van der Waals surface area contributed by atoms with Crippen LogP contribution in [0.2, 0.25) is 0 Å². The van der Waals surface area contributed by atoms with Crippen molar-refractivity contribution in [3.05, 3.63) is 29.8 Å². The van der Waals surface area contributed by atoms with E-state index < -0.39 is 16.9 Å². The number of likely N-dealkylation sites (N-methyl/N-ethyl adjacent to an activating group) is 1. The van der Waals surface area contributed by atoms with Crippen molar-refractivity contribution in [1.29, 1.82) is 0 Å². The van der Waals surface area contributed by atoms with Crippen LogP contribution in [0.5, 0.6) is 0 Å². The number of hydrogen-bond donors (Lipinski definition) is 1. The average molecular weight is 338 g/mol. The third-order valence-corrected chi connectivity index (χ3v) is 5.39. The summed E-state index contributed by atoms with van der Waals surface area (Å²) >= 11 is 0. The van der Waals surface area contributed by atoms with Gasteiger partial charge in [0.1, 0.15) is 0 Å². The summed E-state index contributed by atoms with van der Waals surface area (Å²) in [5.41, 5.74) is 1.12. The van der Waals surface area contributed by atoms with Gasteiger partial charge in [-0.15, -0.1) is 0 Å². The number of carbonyl (C=O) groups is 1. The Morgan fingerprint density at radius 2 is 2.00 bits per heavy atom. The molecule has 1 aliphatic rings. The fraction of sp³-hybridized carbons (Fsp3) is 0.588. The Balaban J connectivity index is 1.89. The smallest absolute Gasteiger partial charge is 0.222 e. The minimum Gasteiger partial charge on any atom is -0.390 e. The van der Waals surface area contributed by atoms with Gasteiger partial charge in [-0.05, 0) is 38.1 Å². The Labute approximate surface area is 140 Å². The van der Waals surface area contributed by atoms with Crippen molar-refractivity contribution < 1.29 is 14.1 Å². The van der Waals surface area contributed by atoms with E-state index in [1.54, 1.807) is 11.2 Å². The Morgan fingerprint density at radius 3 is 2.52 bits per heavy atom. The summed E-state index contributed by atoms with van der Waals surface area (Å²) < 4.78 is 11.4. The molecule has 1 heterocycles. The van der Waals surface area contributed by atoms with Crippen molar-refractivity contribution in [3.63, 3.8) is 0 Å². The van der Waals surface area contributed by atoms with Crippen LogP contribution in [-0.2, 0) is 15.6 Å². The third-order valence-electron chi connectivity index (χ3n) is 4.46. The van der Waals surface area contributed by atoms with Crippen LogP contribution in [0, 0.1) is 0 Å². The van der Waals surface area contributed by atoms with Crippen LogP contribution >= 0.6 is 0 Å². The van der Waals surface area contributed by atoms with Crippen LogP contribution in [0.15, 0.2) is 29.2 Å². The molecule has 1 aromatic carbocycles. The van der Waals surface area contributed by atoms with E-state index in [9.17, 15) is 14.1 Å². The molecule has 1 fully saturated rings. The van der Waals surface area contributed by atoms with Crippen molar-refractivity contribution in [2.24, 2.45) is 0 Å². The molecule has 1 saturated heterocycles. The summed E-state index contributed by atoms with van der Waals surface area (Å²) in [5.74, 6) is 0.142. The fourth-order valence-electron chi connectivity index (χ4n) is 2.89. The number of nitrogens with zero attached hydrogens (tertiary/aromatic N) is 2. The van der Waals surface area contributed by atoms with E-state index in [4.69, 9.17) is 0 Å². The minimum atomic E-state index is -0.968. The quantitative estimate of drug-likeness (QED) is 0.816. The van der Waals surface area contributed by atoms with Gasteiger partial charge >= 0.3 is 0 Å². The largest absolute Gasteiger partial charge is 0.390 e. The van der Waals surface area contributed by atoms with Gasteiger partial charge in [-0.25, -0.2) is 0 Å². The minimum absolute atomic E-state index is 0.137. The highest BCUT2D eigenvalue weighted by molar-refractivity contribution is 7.84. The fourth-order valence-corrected chi connectivity index (χ4v) is 3.41. The first kappa shape index (κ1) is 18.1. The maximum atomic E-state index is 11.6. The van der Waals surface area contributed by atoms with E-state index >= 15 is 0 Å². The van der Waals surface area contributed by atoms with Crippen molar-refractivity contribution in [3.8, 4) is 0 Å². The number of benzene rings is 1. The SMILES string of the molecule is CC(c1ccc(S(C)=O)cc1)N(C)CC(O)CN1CCCC1=O. The summed E-state index contributed by atoms with van der Waals surface area (Å²) in [4.78, 5) is 16.2. The molecule has 0 spiro atoms. The molecule has 1 aliphatic heterocycles. The summed E-state index contributed by atoms with van der Waals surface area (Å²) in [6, 6.07) is 7.87. The summed E-state index contributed by atoms with van der Waals surface area (Å²) in [7, 11) is 0.996. The first-order valence-corrected chi connectivity index (χ1v) is 9.53. The molecule has 0 bridgehead atoms. The van der Waals surface area contributed by atoms with E-state index in [-0.39, 0.29) is 11.9 Å². The maximum Gasteiger partial charge on any atom is 0.222 e. The molecular weight excluding hydrogens is 312 g/mol. The van der Waals surface area contributed by atoms with E-state index in [1.807, 2.05) is 31.3 Å². The molecule has 5 nitrogen and oxygen atoms in total. The van der Waals surface area contributed by atoms with E-state index in [2.05, 4.69) is 11.8 Å². The second kappa shape index (κ2) is 8.04. The van der Waals surface area contributed by atoms with Crippen LogP contribution in [0.25, 0.3) is 0 Å². The van der Waals surface area contributed by atoms with Crippen molar-refractivity contribution in [1.82, 2.24) is 9.80 Å². The lowest BCUT2D eigenvalue weighted by Gasteiger charge is -2.29. The van der Waals surface area contributed by atoms with Gasteiger partial charge in [0.05, 0.1) is 6.10 Å². The third kappa shape index (κ3) is 4.86. The number of carbonyl (C=O) groups excluding carboxylic acids is 1. The zero-order chi connectivity index (χ0) is 17.0. The molecule has 0 saturated carbocycles. The lowest BCUT2D eigenvalue weighted by atomic mass is 10.1. The monoisotopic (exact) mass is 338 g/mol. The van der Waals surface area contributed by atoms with E-state index in [0.29, 0.717) is 19.5 Å². The van der Waals surface area contributed by atoms with Gasteiger partial charge in [-0.3, -0.25) is 13.9 Å². The highest BCUT2D eigenvalue weighted by atomic mass is 32.2. The normalized spacial score (nSPS) is 19.2. The second-order valence-electron chi connectivity index (χ2n) is 6.24. The Bertz CT molecular complexity index is 561. The highest BCUT2D eigenvalue weighted by Gasteiger charge is 2.24. The zero-order valence-corrected chi connectivity index (χ0v) is 14.9. The van der Waals surface area contributed by atoms with Crippen LogP contribution in [0.4, 0.5) is 0 Å². The maximum absolute atomic E-state index is 11.6. The molecule has 1 amide bonds. The van der Waals surface area contributed by atoms with Crippen molar-refractivity contribution in [2.45, 2.75) is 36.8 Å². The Kier molecular flexibility index (Phi) is 6.33. The number of β-amino-alcohol motifs (C(OH)–C–C–N with tert-alkyl or cyclic N) is 1. The van der Waals surface area contributed by atoms with Crippen molar-refractivity contribution >= 4 is 16.7 Å². The lowest BCUT2D eigenvalue weighted by Crippen LogP contribution is -2.40. The molecule has 2 rings (SSSR count). The molecule has 1 N–H and O–H groups in total. The molecule has 23 heavy (non-hydrogen) atoms. The predicted octanol–water partition coefficient (Wildman–Crippen LogP) is 1.40. The summed E-state index contributed by atoms with van der Waals surface area (Å²) in [6.07, 6.45) is 2.61. The highest BCUT2D eigenvalue weighted by Crippen LogP contribution is 2.20. The molecule has 3 unspecified atom stereocenters. The lowest BCUT2D eigenvalue weighted by molar-refractivity contribution is -0.129. The average Bonchev–Trinajstić information content (AvgIpc) is 2.91. The topological polar surface area (TPSA) is 60.9 Å². The van der Waals surface area contributed by atoms with Crippen LogP contribution in [0.3, 0.4) is 0 Å². The van der Waals surface area contributed by atoms with Gasteiger partial charge < -0.3 is 10.0 Å². The number of amides is 1. The van der Waals surface area contributed by atoms with Crippen LogP contribution < -0.4 is 0 Å². The van der Waals surface area contributed by atoms with E-state index in [1.165, 1.54) is 0 Å². The number of rotatable bonds is 7. The van der Waals surface area contributed by atoms with Gasteiger partial charge in [0, 0.05) is 54.0 Å². The van der Waals surface area contributed by atoms with Gasteiger partial charge in [-0.1, -0.05) is 12.1 Å². The summed E-state index contributed by atoms with van der Waals surface area (Å²) in [6.45, 7) is 3.74. The van der Waals surface area contributed by atoms with Gasteiger partial charge in [0.25, 0.3) is 0 Å². The number of aliphatic hydroxyl groups is 1. The molecular formula is C17H26N2O3S. The Hall–Kier alpha value is -1.24.